The normalized spacial score (nSPS) is 11.1. The summed E-state index contributed by atoms with van der Waals surface area (Å²) in [6, 6.07) is 12.2. The molecular formula is C18H15N5O3. The van der Waals surface area contributed by atoms with Gasteiger partial charge in [-0.2, -0.15) is 5.10 Å². The highest BCUT2D eigenvalue weighted by Crippen LogP contribution is 2.17. The fourth-order valence-electron chi connectivity index (χ4n) is 2.97. The summed E-state index contributed by atoms with van der Waals surface area (Å²) in [5, 5.41) is 8.20. The van der Waals surface area contributed by atoms with E-state index in [4.69, 9.17) is 0 Å². The number of fused-ring (bicyclic) bond motifs is 2. The third-order valence-electron chi connectivity index (χ3n) is 4.16. The van der Waals surface area contributed by atoms with Crippen LogP contribution in [0.15, 0.2) is 52.1 Å². The third kappa shape index (κ3) is 2.77. The molecule has 2 aromatic heterocycles. The first-order valence-corrected chi connectivity index (χ1v) is 7.98. The number of H-pyrrole nitrogens is 2. The van der Waals surface area contributed by atoms with Crippen molar-refractivity contribution < 1.29 is 4.79 Å². The molecule has 4 rings (SSSR count). The minimum absolute atomic E-state index is 0.0241. The number of hydrogen-bond acceptors (Lipinski definition) is 4. The van der Waals surface area contributed by atoms with E-state index in [1.165, 1.54) is 4.68 Å². The number of hydrogen-bond donors (Lipinski definition) is 3. The molecule has 1 amide bonds. The van der Waals surface area contributed by atoms with Crippen LogP contribution < -0.4 is 16.6 Å². The Morgan fingerprint density at radius 1 is 1.08 bits per heavy atom. The van der Waals surface area contributed by atoms with Crippen molar-refractivity contribution in [1.82, 2.24) is 19.7 Å². The van der Waals surface area contributed by atoms with Crippen LogP contribution in [0.5, 0.6) is 0 Å². The van der Waals surface area contributed by atoms with E-state index in [0.29, 0.717) is 33.2 Å². The van der Waals surface area contributed by atoms with Gasteiger partial charge in [0.1, 0.15) is 0 Å². The number of aryl methyl sites for hydroxylation is 1. The molecule has 0 unspecified atom stereocenters. The van der Waals surface area contributed by atoms with E-state index in [1.54, 1.807) is 49.5 Å². The zero-order valence-electron chi connectivity index (χ0n) is 13.9. The first kappa shape index (κ1) is 15.8. The Labute approximate surface area is 146 Å². The zero-order valence-corrected chi connectivity index (χ0v) is 13.9. The van der Waals surface area contributed by atoms with E-state index in [2.05, 4.69) is 20.4 Å². The molecule has 4 aromatic rings. The van der Waals surface area contributed by atoms with Crippen LogP contribution in [0.2, 0.25) is 0 Å². The predicted octanol–water partition coefficient (Wildman–Crippen LogP) is 1.28. The monoisotopic (exact) mass is 349 g/mol. The molecular weight excluding hydrogens is 334 g/mol. The van der Waals surface area contributed by atoms with Crippen LogP contribution in [-0.4, -0.2) is 25.7 Å². The SMILES string of the molecule is Cn1nc(CC(=O)Nc2ccc3[nH]c(=O)[nH]c3c2)c2ccccc2c1=O. The van der Waals surface area contributed by atoms with Gasteiger partial charge in [0.25, 0.3) is 5.56 Å². The molecule has 0 fully saturated rings. The molecule has 0 radical (unpaired) electrons. The van der Waals surface area contributed by atoms with Gasteiger partial charge in [-0.15, -0.1) is 0 Å². The fraction of sp³-hybridized carbons (Fsp3) is 0.111. The maximum atomic E-state index is 12.4. The number of benzene rings is 2. The lowest BCUT2D eigenvalue weighted by atomic mass is 10.1. The lowest BCUT2D eigenvalue weighted by Crippen LogP contribution is -2.24. The second-order valence-electron chi connectivity index (χ2n) is 5.99. The molecule has 26 heavy (non-hydrogen) atoms. The molecule has 0 bridgehead atoms. The topological polar surface area (TPSA) is 113 Å². The van der Waals surface area contributed by atoms with Gasteiger partial charge in [0.15, 0.2) is 0 Å². The summed E-state index contributed by atoms with van der Waals surface area (Å²) < 4.78 is 1.24. The number of carbonyl (C=O) groups is 1. The Morgan fingerprint density at radius 3 is 2.62 bits per heavy atom. The number of rotatable bonds is 3. The average Bonchev–Trinajstić information content (AvgIpc) is 2.98. The Kier molecular flexibility index (Phi) is 3.65. The van der Waals surface area contributed by atoms with Gasteiger partial charge in [0.2, 0.25) is 5.91 Å². The Bertz CT molecular complexity index is 1270. The van der Waals surface area contributed by atoms with Crippen LogP contribution in [0.3, 0.4) is 0 Å². The first-order chi connectivity index (χ1) is 12.5. The van der Waals surface area contributed by atoms with E-state index in [9.17, 15) is 14.4 Å². The van der Waals surface area contributed by atoms with Gasteiger partial charge >= 0.3 is 5.69 Å². The highest BCUT2D eigenvalue weighted by molar-refractivity contribution is 5.96. The number of imidazole rings is 1. The van der Waals surface area contributed by atoms with Crippen molar-refractivity contribution in [1.29, 1.82) is 0 Å². The number of nitrogens with zero attached hydrogens (tertiary/aromatic N) is 2. The molecule has 2 aromatic carbocycles. The summed E-state index contributed by atoms with van der Waals surface area (Å²) in [6.45, 7) is 0. The van der Waals surface area contributed by atoms with Crippen molar-refractivity contribution in [2.45, 2.75) is 6.42 Å². The number of nitrogens with one attached hydrogen (secondary N) is 3. The van der Waals surface area contributed by atoms with Crippen LogP contribution in [0.25, 0.3) is 21.8 Å². The highest BCUT2D eigenvalue weighted by Gasteiger charge is 2.13. The third-order valence-corrected chi connectivity index (χ3v) is 4.16. The van der Waals surface area contributed by atoms with Gasteiger partial charge in [-0.25, -0.2) is 9.48 Å². The molecule has 8 heteroatoms. The summed E-state index contributed by atoms with van der Waals surface area (Å²) in [4.78, 5) is 41.2. The average molecular weight is 349 g/mol. The van der Waals surface area contributed by atoms with E-state index in [1.807, 2.05) is 0 Å². The number of aromatic nitrogens is 4. The van der Waals surface area contributed by atoms with Crippen LogP contribution in [0.1, 0.15) is 5.69 Å². The Morgan fingerprint density at radius 2 is 1.81 bits per heavy atom. The number of anilines is 1. The first-order valence-electron chi connectivity index (χ1n) is 7.98. The predicted molar refractivity (Wildman–Crippen MR) is 98.2 cm³/mol. The van der Waals surface area contributed by atoms with Gasteiger partial charge in [-0.3, -0.25) is 9.59 Å². The minimum atomic E-state index is -0.302. The van der Waals surface area contributed by atoms with Crippen LogP contribution in [-0.2, 0) is 18.3 Å². The number of aromatic amines is 2. The van der Waals surface area contributed by atoms with E-state index in [0.717, 1.165) is 0 Å². The summed E-state index contributed by atoms with van der Waals surface area (Å²) >= 11 is 0. The highest BCUT2D eigenvalue weighted by atomic mass is 16.2. The quantitative estimate of drug-likeness (QED) is 0.517. The van der Waals surface area contributed by atoms with Crippen molar-refractivity contribution in [3.63, 3.8) is 0 Å². The maximum absolute atomic E-state index is 12.4. The largest absolute Gasteiger partial charge is 0.326 e. The Balaban J connectivity index is 1.63. The molecule has 130 valence electrons. The second kappa shape index (κ2) is 5.99. The number of amides is 1. The summed E-state index contributed by atoms with van der Waals surface area (Å²) in [5.41, 5.74) is 1.86. The van der Waals surface area contributed by atoms with Crippen LogP contribution >= 0.6 is 0 Å². The lowest BCUT2D eigenvalue weighted by molar-refractivity contribution is -0.115. The van der Waals surface area contributed by atoms with Crippen molar-refractivity contribution in [3.8, 4) is 0 Å². The van der Waals surface area contributed by atoms with Gasteiger partial charge in [0, 0.05) is 18.1 Å². The van der Waals surface area contributed by atoms with Crippen LogP contribution in [0, 0.1) is 0 Å². The molecule has 0 atom stereocenters. The molecule has 0 saturated carbocycles. The molecule has 0 aliphatic carbocycles. The van der Waals surface area contributed by atoms with Gasteiger partial charge in [0.05, 0.1) is 28.5 Å². The minimum Gasteiger partial charge on any atom is -0.326 e. The molecule has 3 N–H and O–H groups in total. The van der Waals surface area contributed by atoms with Gasteiger partial charge in [-0.1, -0.05) is 18.2 Å². The molecule has 0 spiro atoms. The Hall–Kier alpha value is -3.68. The zero-order chi connectivity index (χ0) is 18.3. The standard InChI is InChI=1S/C18H15N5O3/c1-23-17(25)12-5-3-2-4-11(12)14(22-23)9-16(24)19-10-6-7-13-15(8-10)21-18(26)20-13/h2-8H,9H2,1H3,(H,19,24)(H2,20,21,26). The summed E-state index contributed by atoms with van der Waals surface area (Å²) in [6.07, 6.45) is 0.0241. The summed E-state index contributed by atoms with van der Waals surface area (Å²) in [7, 11) is 1.56. The number of carbonyl (C=O) groups excluding carboxylic acids is 1. The van der Waals surface area contributed by atoms with Crippen molar-refractivity contribution in [2.75, 3.05) is 5.32 Å². The van der Waals surface area contributed by atoms with Gasteiger partial charge in [-0.05, 0) is 24.3 Å². The molecule has 0 saturated heterocycles. The molecule has 2 heterocycles. The fourth-order valence-corrected chi connectivity index (χ4v) is 2.97. The van der Waals surface area contributed by atoms with Crippen molar-refractivity contribution in [3.05, 3.63) is 69.0 Å². The smallest absolute Gasteiger partial charge is 0.323 e. The molecule has 0 aliphatic rings. The second-order valence-corrected chi connectivity index (χ2v) is 5.99. The van der Waals surface area contributed by atoms with E-state index >= 15 is 0 Å². The van der Waals surface area contributed by atoms with Gasteiger partial charge < -0.3 is 15.3 Å². The van der Waals surface area contributed by atoms with Crippen LogP contribution in [0.4, 0.5) is 5.69 Å². The lowest BCUT2D eigenvalue weighted by Gasteiger charge is -2.09. The molecule has 8 nitrogen and oxygen atoms in total. The van der Waals surface area contributed by atoms with Crippen molar-refractivity contribution in [2.24, 2.45) is 7.05 Å². The maximum Gasteiger partial charge on any atom is 0.323 e. The van der Waals surface area contributed by atoms with Crippen molar-refractivity contribution >= 4 is 33.4 Å². The van der Waals surface area contributed by atoms with E-state index < -0.39 is 0 Å². The summed E-state index contributed by atoms with van der Waals surface area (Å²) in [5.74, 6) is -0.265. The molecule has 0 aliphatic heterocycles. The van der Waals surface area contributed by atoms with E-state index in [-0.39, 0.29) is 23.6 Å².